The van der Waals surface area contributed by atoms with Crippen LogP contribution in [0.1, 0.15) is 5.56 Å². The fourth-order valence-electron chi connectivity index (χ4n) is 2.69. The van der Waals surface area contributed by atoms with Gasteiger partial charge in [0.15, 0.2) is 4.34 Å². The van der Waals surface area contributed by atoms with Crippen LogP contribution in [0.4, 0.5) is 10.8 Å². The Balaban J connectivity index is 1.57. The fraction of sp³-hybridized carbons (Fsp3) is 0.286. The number of anilines is 2. The van der Waals surface area contributed by atoms with Crippen LogP contribution in [-0.2, 0) is 16.1 Å². The Morgan fingerprint density at radius 3 is 2.63 bits per heavy atom. The molecule has 0 saturated heterocycles. The van der Waals surface area contributed by atoms with Crippen molar-refractivity contribution in [2.24, 2.45) is 0 Å². The highest BCUT2D eigenvalue weighted by Gasteiger charge is 2.16. The van der Waals surface area contributed by atoms with Crippen LogP contribution in [-0.4, -0.2) is 54.1 Å². The van der Waals surface area contributed by atoms with Gasteiger partial charge in [-0.2, -0.15) is 0 Å². The largest absolute Gasteiger partial charge is 0.495 e. The number of ether oxygens (including phenoxy) is 2. The van der Waals surface area contributed by atoms with Crippen LogP contribution in [0.5, 0.6) is 5.75 Å². The van der Waals surface area contributed by atoms with Crippen LogP contribution >= 0.6 is 23.1 Å². The van der Waals surface area contributed by atoms with Crippen molar-refractivity contribution in [3.63, 3.8) is 0 Å². The SMILES string of the molecule is COCCN(Cc1ccccc1)C(=O)CSc1nnc(Nc2ccccc2OC)s1. The van der Waals surface area contributed by atoms with Crippen LogP contribution < -0.4 is 10.1 Å². The molecule has 1 amide bonds. The molecule has 3 aromatic rings. The highest BCUT2D eigenvalue weighted by atomic mass is 32.2. The van der Waals surface area contributed by atoms with Crippen LogP contribution in [0.25, 0.3) is 0 Å². The molecule has 0 aliphatic carbocycles. The van der Waals surface area contributed by atoms with E-state index >= 15 is 0 Å². The Kier molecular flexibility index (Phi) is 8.49. The number of carbonyl (C=O) groups excluding carboxylic acids is 1. The predicted molar refractivity (Wildman–Crippen MR) is 121 cm³/mol. The third-order valence-corrected chi connectivity index (χ3v) is 6.17. The van der Waals surface area contributed by atoms with Crippen molar-refractivity contribution in [3.8, 4) is 5.75 Å². The summed E-state index contributed by atoms with van der Waals surface area (Å²) in [5, 5.41) is 12.2. The number of thioether (sulfide) groups is 1. The Morgan fingerprint density at radius 2 is 1.87 bits per heavy atom. The maximum Gasteiger partial charge on any atom is 0.233 e. The summed E-state index contributed by atoms with van der Waals surface area (Å²) in [5.41, 5.74) is 1.91. The van der Waals surface area contributed by atoms with E-state index in [0.29, 0.717) is 30.6 Å². The van der Waals surface area contributed by atoms with Crippen LogP contribution in [0.2, 0.25) is 0 Å². The molecule has 2 aromatic carbocycles. The van der Waals surface area contributed by atoms with Gasteiger partial charge in [-0.1, -0.05) is 65.6 Å². The van der Waals surface area contributed by atoms with Gasteiger partial charge in [-0.05, 0) is 17.7 Å². The highest BCUT2D eigenvalue weighted by Crippen LogP contribution is 2.31. The van der Waals surface area contributed by atoms with Crippen LogP contribution in [0.3, 0.4) is 0 Å². The zero-order valence-corrected chi connectivity index (χ0v) is 18.5. The lowest BCUT2D eigenvalue weighted by Crippen LogP contribution is -2.34. The molecule has 3 rings (SSSR count). The van der Waals surface area contributed by atoms with Crippen LogP contribution in [0, 0.1) is 0 Å². The van der Waals surface area contributed by atoms with E-state index in [-0.39, 0.29) is 5.91 Å². The van der Waals surface area contributed by atoms with Gasteiger partial charge < -0.3 is 19.7 Å². The summed E-state index contributed by atoms with van der Waals surface area (Å²) in [6, 6.07) is 17.5. The lowest BCUT2D eigenvalue weighted by Gasteiger charge is -2.22. The quantitative estimate of drug-likeness (QED) is 0.447. The molecule has 0 aliphatic rings. The van der Waals surface area contributed by atoms with E-state index in [0.717, 1.165) is 21.3 Å². The molecule has 1 aromatic heterocycles. The molecule has 0 bridgehead atoms. The normalized spacial score (nSPS) is 10.6. The van der Waals surface area contributed by atoms with E-state index in [1.54, 1.807) is 19.1 Å². The number of nitrogens with one attached hydrogen (secondary N) is 1. The monoisotopic (exact) mass is 444 g/mol. The molecule has 0 spiro atoms. The minimum atomic E-state index is 0.0374. The van der Waals surface area contributed by atoms with Gasteiger partial charge in [0, 0.05) is 20.2 Å². The van der Waals surface area contributed by atoms with Crippen molar-refractivity contribution >= 4 is 39.8 Å². The number of amides is 1. The summed E-state index contributed by atoms with van der Waals surface area (Å²) in [7, 11) is 3.26. The highest BCUT2D eigenvalue weighted by molar-refractivity contribution is 8.01. The molecule has 0 saturated carbocycles. The molecule has 0 fully saturated rings. The molecule has 0 unspecified atom stereocenters. The first-order chi connectivity index (χ1) is 14.7. The van der Waals surface area contributed by atoms with Crippen molar-refractivity contribution in [2.75, 3.05) is 38.4 Å². The predicted octanol–water partition coefficient (Wildman–Crippen LogP) is 4.06. The number of methoxy groups -OCH3 is 2. The number of carbonyl (C=O) groups is 1. The average molecular weight is 445 g/mol. The maximum atomic E-state index is 12.8. The summed E-state index contributed by atoms with van der Waals surface area (Å²) in [4.78, 5) is 14.6. The maximum absolute atomic E-state index is 12.8. The standard InChI is InChI=1S/C21H24N4O3S2/c1-27-13-12-25(14-16-8-4-3-5-9-16)19(26)15-29-21-24-23-20(30-21)22-17-10-6-7-11-18(17)28-2/h3-11H,12-15H2,1-2H3,(H,22,23). The second kappa shape index (κ2) is 11.5. The number of benzene rings is 2. The second-order valence-corrected chi connectivity index (χ2v) is 8.48. The Labute approximate surface area is 184 Å². The Bertz CT molecular complexity index is 937. The second-order valence-electron chi connectivity index (χ2n) is 6.28. The molecule has 30 heavy (non-hydrogen) atoms. The molecule has 0 atom stereocenters. The number of para-hydroxylation sites is 2. The topological polar surface area (TPSA) is 76.6 Å². The molecule has 1 N–H and O–H groups in total. The third-order valence-electron chi connectivity index (χ3n) is 4.21. The third kappa shape index (κ3) is 6.45. The van der Waals surface area contributed by atoms with Gasteiger partial charge in [0.05, 0.1) is 25.2 Å². The van der Waals surface area contributed by atoms with Gasteiger partial charge in [-0.3, -0.25) is 4.79 Å². The van der Waals surface area contributed by atoms with Gasteiger partial charge >= 0.3 is 0 Å². The summed E-state index contributed by atoms with van der Waals surface area (Å²) in [6.07, 6.45) is 0. The summed E-state index contributed by atoms with van der Waals surface area (Å²) < 4.78 is 11.2. The average Bonchev–Trinajstić information content (AvgIpc) is 3.23. The summed E-state index contributed by atoms with van der Waals surface area (Å²) in [5.74, 6) is 1.06. The first kappa shape index (κ1) is 22.1. The van der Waals surface area contributed by atoms with Gasteiger partial charge in [-0.15, -0.1) is 10.2 Å². The lowest BCUT2D eigenvalue weighted by atomic mass is 10.2. The number of hydrogen-bond donors (Lipinski definition) is 1. The fourth-order valence-corrected chi connectivity index (χ4v) is 4.36. The number of rotatable bonds is 11. The number of nitrogens with zero attached hydrogens (tertiary/aromatic N) is 3. The van der Waals surface area contributed by atoms with E-state index in [2.05, 4.69) is 15.5 Å². The van der Waals surface area contributed by atoms with Crippen molar-refractivity contribution < 1.29 is 14.3 Å². The molecular weight excluding hydrogens is 420 g/mol. The Morgan fingerprint density at radius 1 is 1.10 bits per heavy atom. The van der Waals surface area contributed by atoms with Crippen molar-refractivity contribution in [1.82, 2.24) is 15.1 Å². The summed E-state index contributed by atoms with van der Waals surface area (Å²) >= 11 is 2.78. The molecular formula is C21H24N4O3S2. The van der Waals surface area contributed by atoms with Crippen molar-refractivity contribution in [2.45, 2.75) is 10.9 Å². The minimum Gasteiger partial charge on any atom is -0.495 e. The molecule has 0 radical (unpaired) electrons. The first-order valence-corrected chi connectivity index (χ1v) is 11.2. The Hall–Kier alpha value is -2.62. The molecule has 158 valence electrons. The molecule has 7 nitrogen and oxygen atoms in total. The zero-order chi connectivity index (χ0) is 21.2. The number of aromatic nitrogens is 2. The molecule has 9 heteroatoms. The van der Waals surface area contributed by atoms with E-state index in [1.165, 1.54) is 23.1 Å². The van der Waals surface area contributed by atoms with E-state index in [9.17, 15) is 4.79 Å². The molecule has 1 heterocycles. The number of hydrogen-bond acceptors (Lipinski definition) is 8. The van der Waals surface area contributed by atoms with Crippen LogP contribution in [0.15, 0.2) is 58.9 Å². The van der Waals surface area contributed by atoms with Crippen molar-refractivity contribution in [1.29, 1.82) is 0 Å². The van der Waals surface area contributed by atoms with E-state index in [4.69, 9.17) is 9.47 Å². The van der Waals surface area contributed by atoms with Gasteiger partial charge in [0.25, 0.3) is 0 Å². The van der Waals surface area contributed by atoms with Gasteiger partial charge in [0.1, 0.15) is 5.75 Å². The lowest BCUT2D eigenvalue weighted by molar-refractivity contribution is -0.129. The minimum absolute atomic E-state index is 0.0374. The van der Waals surface area contributed by atoms with Crippen molar-refractivity contribution in [3.05, 3.63) is 60.2 Å². The van der Waals surface area contributed by atoms with E-state index in [1.807, 2.05) is 54.6 Å². The first-order valence-electron chi connectivity index (χ1n) is 9.36. The smallest absolute Gasteiger partial charge is 0.233 e. The van der Waals surface area contributed by atoms with E-state index < -0.39 is 0 Å². The van der Waals surface area contributed by atoms with Gasteiger partial charge in [0.2, 0.25) is 11.0 Å². The zero-order valence-electron chi connectivity index (χ0n) is 16.9. The molecule has 0 aliphatic heterocycles. The summed E-state index contributed by atoms with van der Waals surface area (Å²) in [6.45, 7) is 1.59. The van der Waals surface area contributed by atoms with Gasteiger partial charge in [-0.25, -0.2) is 0 Å².